The Morgan fingerprint density at radius 2 is 1.93 bits per heavy atom. The first-order valence-electron chi connectivity index (χ1n) is 9.62. The molecule has 0 amide bonds. The molecule has 0 aromatic carbocycles. The van der Waals surface area contributed by atoms with Crippen LogP contribution < -0.4 is 9.64 Å². The van der Waals surface area contributed by atoms with E-state index in [1.54, 1.807) is 11.0 Å². The summed E-state index contributed by atoms with van der Waals surface area (Å²) in [6, 6.07) is 4.01. The molecule has 0 N–H and O–H groups in total. The van der Waals surface area contributed by atoms with Crippen LogP contribution in [0.1, 0.15) is 37.3 Å². The smallest absolute Gasteiger partial charge is 0.233 e. The summed E-state index contributed by atoms with van der Waals surface area (Å²) in [5.41, 5.74) is 1.97. The van der Waals surface area contributed by atoms with E-state index in [1.807, 2.05) is 19.3 Å². The standard InChI is InChI=1S/C19H23N7O/c1-25-18-15(10-22-25)19(21-12-20-18)26-8-6-13(7-9-26)11-27-17-5-4-16(23-24-17)14-2-3-14/h4-5,10,12-14H,2-3,6-9,11H2,1H3. The Morgan fingerprint density at radius 1 is 1.07 bits per heavy atom. The number of fused-ring (bicyclic) bond motifs is 1. The highest BCUT2D eigenvalue weighted by atomic mass is 16.5. The van der Waals surface area contributed by atoms with Crippen molar-refractivity contribution in [2.45, 2.75) is 31.6 Å². The summed E-state index contributed by atoms with van der Waals surface area (Å²) in [5.74, 6) is 2.77. The molecule has 1 saturated carbocycles. The second-order valence-corrected chi connectivity index (χ2v) is 7.51. The summed E-state index contributed by atoms with van der Waals surface area (Å²) in [4.78, 5) is 11.2. The number of rotatable bonds is 5. The number of hydrogen-bond acceptors (Lipinski definition) is 7. The molecule has 3 aromatic heterocycles. The van der Waals surface area contributed by atoms with Crippen LogP contribution in [0.5, 0.6) is 5.88 Å². The minimum atomic E-state index is 0.525. The Bertz CT molecular complexity index is 927. The van der Waals surface area contributed by atoms with Crippen molar-refractivity contribution >= 4 is 16.9 Å². The predicted octanol–water partition coefficient (Wildman–Crippen LogP) is 2.33. The van der Waals surface area contributed by atoms with Gasteiger partial charge in [0.05, 0.1) is 23.9 Å². The molecule has 0 atom stereocenters. The molecule has 1 saturated heterocycles. The van der Waals surface area contributed by atoms with E-state index in [0.29, 0.717) is 24.3 Å². The van der Waals surface area contributed by atoms with Gasteiger partial charge < -0.3 is 9.64 Å². The minimum absolute atomic E-state index is 0.525. The Morgan fingerprint density at radius 3 is 2.67 bits per heavy atom. The van der Waals surface area contributed by atoms with Crippen LogP contribution in [-0.4, -0.2) is 49.6 Å². The van der Waals surface area contributed by atoms with Crippen molar-refractivity contribution in [3.8, 4) is 5.88 Å². The van der Waals surface area contributed by atoms with Crippen LogP contribution in [0, 0.1) is 5.92 Å². The third-order valence-electron chi connectivity index (χ3n) is 5.55. The van der Waals surface area contributed by atoms with E-state index in [2.05, 4.69) is 36.2 Å². The first kappa shape index (κ1) is 16.4. The SMILES string of the molecule is Cn1ncc2c(N3CCC(COc4ccc(C5CC5)nn4)CC3)ncnc21. The zero-order valence-electron chi connectivity index (χ0n) is 15.5. The van der Waals surface area contributed by atoms with Gasteiger partial charge in [0.15, 0.2) is 5.65 Å². The van der Waals surface area contributed by atoms with E-state index in [4.69, 9.17) is 4.74 Å². The van der Waals surface area contributed by atoms with E-state index in [9.17, 15) is 0 Å². The van der Waals surface area contributed by atoms with E-state index in [0.717, 1.165) is 48.5 Å². The number of ether oxygens (including phenoxy) is 1. The lowest BCUT2D eigenvalue weighted by Crippen LogP contribution is -2.36. The molecule has 0 radical (unpaired) electrons. The molecule has 2 fully saturated rings. The van der Waals surface area contributed by atoms with Crippen molar-refractivity contribution in [2.24, 2.45) is 13.0 Å². The number of piperidine rings is 1. The van der Waals surface area contributed by atoms with Gasteiger partial charge in [0, 0.05) is 32.1 Å². The van der Waals surface area contributed by atoms with E-state index < -0.39 is 0 Å². The molecule has 1 aliphatic heterocycles. The highest BCUT2D eigenvalue weighted by Gasteiger charge is 2.26. The molecule has 4 heterocycles. The lowest BCUT2D eigenvalue weighted by molar-refractivity contribution is 0.214. The Kier molecular flexibility index (Phi) is 4.10. The number of hydrogen-bond donors (Lipinski definition) is 0. The molecule has 2 aliphatic rings. The zero-order valence-corrected chi connectivity index (χ0v) is 15.5. The zero-order chi connectivity index (χ0) is 18.2. The monoisotopic (exact) mass is 365 g/mol. The summed E-state index contributed by atoms with van der Waals surface area (Å²) < 4.78 is 7.67. The molecule has 0 bridgehead atoms. The Labute approximate surface area is 157 Å². The lowest BCUT2D eigenvalue weighted by Gasteiger charge is -2.32. The maximum absolute atomic E-state index is 5.88. The highest BCUT2D eigenvalue weighted by Crippen LogP contribution is 2.38. The average molecular weight is 365 g/mol. The fourth-order valence-electron chi connectivity index (χ4n) is 3.72. The second kappa shape index (κ2) is 6.75. The largest absolute Gasteiger partial charge is 0.476 e. The van der Waals surface area contributed by atoms with Crippen molar-refractivity contribution in [3.05, 3.63) is 30.4 Å². The van der Waals surface area contributed by atoms with Crippen LogP contribution in [0.15, 0.2) is 24.7 Å². The van der Waals surface area contributed by atoms with E-state index in [1.165, 1.54) is 12.8 Å². The molecule has 8 nitrogen and oxygen atoms in total. The summed E-state index contributed by atoms with van der Waals surface area (Å²) in [6.07, 6.45) is 8.09. The summed E-state index contributed by atoms with van der Waals surface area (Å²) in [6.45, 7) is 2.61. The molecule has 8 heteroatoms. The second-order valence-electron chi connectivity index (χ2n) is 7.51. The van der Waals surface area contributed by atoms with Gasteiger partial charge in [0.2, 0.25) is 5.88 Å². The van der Waals surface area contributed by atoms with Crippen LogP contribution in [0.25, 0.3) is 11.0 Å². The van der Waals surface area contributed by atoms with Gasteiger partial charge in [0.1, 0.15) is 12.1 Å². The van der Waals surface area contributed by atoms with Crippen LogP contribution in [0.4, 0.5) is 5.82 Å². The summed E-state index contributed by atoms with van der Waals surface area (Å²) in [5, 5.41) is 13.8. The number of aryl methyl sites for hydroxylation is 1. The molecule has 0 unspecified atom stereocenters. The van der Waals surface area contributed by atoms with Gasteiger partial charge in [0.25, 0.3) is 0 Å². The van der Waals surface area contributed by atoms with Crippen molar-refractivity contribution < 1.29 is 4.74 Å². The van der Waals surface area contributed by atoms with Crippen molar-refractivity contribution in [1.29, 1.82) is 0 Å². The first-order chi connectivity index (χ1) is 13.3. The maximum Gasteiger partial charge on any atom is 0.233 e. The van der Waals surface area contributed by atoms with Gasteiger partial charge in [-0.25, -0.2) is 9.97 Å². The van der Waals surface area contributed by atoms with Crippen LogP contribution in [0.2, 0.25) is 0 Å². The predicted molar refractivity (Wildman–Crippen MR) is 101 cm³/mol. The maximum atomic E-state index is 5.88. The minimum Gasteiger partial charge on any atom is -0.476 e. The number of anilines is 1. The Hall–Kier alpha value is -2.77. The third kappa shape index (κ3) is 3.31. The van der Waals surface area contributed by atoms with Gasteiger partial charge in [-0.1, -0.05) is 0 Å². The fraction of sp³-hybridized carbons (Fsp3) is 0.526. The van der Waals surface area contributed by atoms with Crippen LogP contribution in [0.3, 0.4) is 0 Å². The molecule has 140 valence electrons. The number of aromatic nitrogens is 6. The molecule has 0 spiro atoms. The van der Waals surface area contributed by atoms with Gasteiger partial charge in [-0.3, -0.25) is 4.68 Å². The third-order valence-corrected chi connectivity index (χ3v) is 5.55. The molecule has 5 rings (SSSR count). The fourth-order valence-corrected chi connectivity index (χ4v) is 3.72. The van der Waals surface area contributed by atoms with Gasteiger partial charge in [-0.15, -0.1) is 5.10 Å². The van der Waals surface area contributed by atoms with Gasteiger partial charge >= 0.3 is 0 Å². The topological polar surface area (TPSA) is 81.9 Å². The quantitative estimate of drug-likeness (QED) is 0.686. The molecule has 27 heavy (non-hydrogen) atoms. The summed E-state index contributed by atoms with van der Waals surface area (Å²) in [7, 11) is 1.91. The Balaban J connectivity index is 1.17. The van der Waals surface area contributed by atoms with Crippen molar-refractivity contribution in [2.75, 3.05) is 24.6 Å². The van der Waals surface area contributed by atoms with E-state index >= 15 is 0 Å². The summed E-state index contributed by atoms with van der Waals surface area (Å²) >= 11 is 0. The normalized spacial score (nSPS) is 18.2. The molecule has 1 aliphatic carbocycles. The highest BCUT2D eigenvalue weighted by molar-refractivity contribution is 5.86. The van der Waals surface area contributed by atoms with Crippen molar-refractivity contribution in [3.63, 3.8) is 0 Å². The van der Waals surface area contributed by atoms with Crippen LogP contribution >= 0.6 is 0 Å². The first-order valence-corrected chi connectivity index (χ1v) is 9.62. The number of nitrogens with zero attached hydrogens (tertiary/aromatic N) is 7. The van der Waals surface area contributed by atoms with Gasteiger partial charge in [-0.05, 0) is 37.7 Å². The van der Waals surface area contributed by atoms with Gasteiger partial charge in [-0.2, -0.15) is 10.2 Å². The molecular weight excluding hydrogens is 342 g/mol. The van der Waals surface area contributed by atoms with Crippen LogP contribution in [-0.2, 0) is 7.05 Å². The molecular formula is C19H23N7O. The van der Waals surface area contributed by atoms with Crippen molar-refractivity contribution in [1.82, 2.24) is 29.9 Å². The average Bonchev–Trinajstić information content (AvgIpc) is 3.50. The lowest BCUT2D eigenvalue weighted by atomic mass is 9.98. The molecule has 3 aromatic rings. The van der Waals surface area contributed by atoms with E-state index in [-0.39, 0.29) is 0 Å².